The summed E-state index contributed by atoms with van der Waals surface area (Å²) in [6, 6.07) is 2.65. The molecule has 0 spiro atoms. The Morgan fingerprint density at radius 1 is 0.789 bits per heavy atom. The summed E-state index contributed by atoms with van der Waals surface area (Å²) < 4.78 is 5.46. The van der Waals surface area contributed by atoms with Crippen LogP contribution in [0, 0.1) is 0 Å². The van der Waals surface area contributed by atoms with Crippen molar-refractivity contribution in [2.75, 3.05) is 72.1 Å². The molecule has 0 fully saturated rings. The molecule has 2 rings (SSSR count). The number of carbonyl (C=O) groups is 6. The molecule has 6 atom stereocenters. The number of pyridine rings is 1. The van der Waals surface area contributed by atoms with Crippen molar-refractivity contribution >= 4 is 37.1 Å². The second-order valence-electron chi connectivity index (χ2n) is 13.8. The van der Waals surface area contributed by atoms with E-state index in [2.05, 4.69) is 5.32 Å². The Morgan fingerprint density at radius 3 is 1.81 bits per heavy atom. The number of carboxylic acid groups (broad SMARTS) is 2. The number of carbonyl (C=O) groups excluding carboxylic acids is 4. The lowest BCUT2D eigenvalue weighted by Crippen LogP contribution is -2.52. The zero-order valence-electron chi connectivity index (χ0n) is 32.3. The standard InChI is InChI=1S/C36H59N7O14/c1-2-28(49)16-37-33(52)7-6-31(35(53)54)42-14-12-41(32(36(55)56)8-10-39(23-46)19-29(50)21-44)13-15-43(18-27-5-3-4-26(17-42)38-27)34(57-25-48)9-11-40(24-47)20-30(51)22-45/h3-5,23-25,28-32,34,44-45,49-51H,2,6-22H2,1H3,(H,37,52)(H,53,54)(H,55,56)/t28?,29?,30?,31-,32-,34+/m1/s1. The third kappa shape index (κ3) is 17.8. The summed E-state index contributed by atoms with van der Waals surface area (Å²) in [6.45, 7) is 0.326. The Balaban J connectivity index is 2.54. The van der Waals surface area contributed by atoms with Crippen molar-refractivity contribution in [1.29, 1.82) is 0 Å². The lowest BCUT2D eigenvalue weighted by molar-refractivity contribution is -0.148. The van der Waals surface area contributed by atoms with Gasteiger partial charge >= 0.3 is 11.9 Å². The van der Waals surface area contributed by atoms with E-state index < -0.39 is 67.7 Å². The minimum absolute atomic E-state index is 0.00406. The van der Waals surface area contributed by atoms with Gasteiger partial charge in [0.15, 0.2) is 6.23 Å². The van der Waals surface area contributed by atoms with Gasteiger partial charge in [0.1, 0.15) is 12.1 Å². The molecule has 1 aliphatic rings. The summed E-state index contributed by atoms with van der Waals surface area (Å²) in [5.41, 5.74) is 0.944. The average molecular weight is 814 g/mol. The number of hydrogen-bond acceptors (Lipinski definition) is 16. The van der Waals surface area contributed by atoms with E-state index in [0.717, 1.165) is 4.90 Å². The van der Waals surface area contributed by atoms with Crippen molar-refractivity contribution in [1.82, 2.24) is 34.8 Å². The van der Waals surface area contributed by atoms with Crippen molar-refractivity contribution in [3.63, 3.8) is 0 Å². The summed E-state index contributed by atoms with van der Waals surface area (Å²) in [5, 5.41) is 71.6. The highest BCUT2D eigenvalue weighted by Gasteiger charge is 2.33. The fourth-order valence-corrected chi connectivity index (χ4v) is 6.38. The molecule has 2 heterocycles. The Labute approximate surface area is 331 Å². The summed E-state index contributed by atoms with van der Waals surface area (Å²) in [6.07, 6.45) is -3.21. The monoisotopic (exact) mass is 813 g/mol. The Morgan fingerprint density at radius 2 is 1.30 bits per heavy atom. The SMILES string of the molecule is CCC(O)CNC(=O)CC[C@H](C(=O)O)N1CCN([C@H](CCN(C=O)CC(O)CO)C(=O)O)CCN([C@H](CCN(C=O)CC(O)CO)OC=O)Cc2cccc(n2)C1. The number of aliphatic carboxylic acids is 2. The topological polar surface area (TPSA) is 294 Å². The van der Waals surface area contributed by atoms with Crippen LogP contribution in [0.5, 0.6) is 0 Å². The van der Waals surface area contributed by atoms with Crippen LogP contribution in [-0.4, -0.2) is 211 Å². The van der Waals surface area contributed by atoms with Crippen molar-refractivity contribution < 1.29 is 69.2 Å². The van der Waals surface area contributed by atoms with E-state index in [1.807, 2.05) is 0 Å². The van der Waals surface area contributed by atoms with Crippen molar-refractivity contribution in [2.45, 2.75) is 88.7 Å². The average Bonchev–Trinajstić information content (AvgIpc) is 3.19. The third-order valence-electron chi connectivity index (χ3n) is 9.63. The number of fused-ring (bicyclic) bond motifs is 2. The van der Waals surface area contributed by atoms with Gasteiger partial charge in [-0.15, -0.1) is 0 Å². The smallest absolute Gasteiger partial charge is 0.320 e. The zero-order chi connectivity index (χ0) is 42.3. The highest BCUT2D eigenvalue weighted by Crippen LogP contribution is 2.19. The molecular formula is C36H59N7O14. The molecule has 3 amide bonds. The van der Waals surface area contributed by atoms with Gasteiger partial charge in [0.2, 0.25) is 18.7 Å². The first-order chi connectivity index (χ1) is 27.3. The minimum Gasteiger partial charge on any atom is -0.480 e. The van der Waals surface area contributed by atoms with E-state index in [0.29, 0.717) is 30.6 Å². The third-order valence-corrected chi connectivity index (χ3v) is 9.63. The van der Waals surface area contributed by atoms with Gasteiger partial charge in [0, 0.05) is 84.8 Å². The van der Waals surface area contributed by atoms with Crippen molar-refractivity contribution in [3.8, 4) is 0 Å². The number of aromatic nitrogens is 1. The second kappa shape index (κ2) is 26.5. The fraction of sp³-hybridized carbons (Fsp3) is 0.694. The second-order valence-corrected chi connectivity index (χ2v) is 13.8. The van der Waals surface area contributed by atoms with Gasteiger partial charge in [0.25, 0.3) is 6.47 Å². The summed E-state index contributed by atoms with van der Waals surface area (Å²) in [4.78, 5) is 85.5. The largest absolute Gasteiger partial charge is 0.480 e. The fourth-order valence-electron chi connectivity index (χ4n) is 6.38. The van der Waals surface area contributed by atoms with Crippen LogP contribution >= 0.6 is 0 Å². The number of carboxylic acids is 2. The molecule has 57 heavy (non-hydrogen) atoms. The van der Waals surface area contributed by atoms with Gasteiger partial charge in [-0.1, -0.05) is 13.0 Å². The number of aliphatic hydroxyl groups is 5. The molecule has 3 unspecified atom stereocenters. The number of nitrogens with zero attached hydrogens (tertiary/aromatic N) is 6. The zero-order valence-corrected chi connectivity index (χ0v) is 32.3. The minimum atomic E-state index is -1.26. The predicted octanol–water partition coefficient (Wildman–Crippen LogP) is -3.52. The van der Waals surface area contributed by atoms with E-state index in [9.17, 15) is 64.5 Å². The van der Waals surface area contributed by atoms with Gasteiger partial charge < -0.3 is 55.6 Å². The molecule has 322 valence electrons. The molecular weight excluding hydrogens is 754 g/mol. The molecule has 1 aromatic rings. The highest BCUT2D eigenvalue weighted by molar-refractivity contribution is 5.78. The van der Waals surface area contributed by atoms with Gasteiger partial charge in [-0.3, -0.25) is 48.5 Å². The molecule has 8 N–H and O–H groups in total. The lowest BCUT2D eigenvalue weighted by atomic mass is 10.1. The molecule has 0 aliphatic carbocycles. The normalized spacial score (nSPS) is 17.6. The van der Waals surface area contributed by atoms with Gasteiger partial charge in [0.05, 0.1) is 42.9 Å². The first-order valence-corrected chi connectivity index (χ1v) is 18.9. The van der Waals surface area contributed by atoms with Gasteiger partial charge in [-0.2, -0.15) is 0 Å². The number of aliphatic hydroxyl groups excluding tert-OH is 5. The van der Waals surface area contributed by atoms with Gasteiger partial charge in [-0.05, 0) is 31.4 Å². The molecule has 2 bridgehead atoms. The number of ether oxygens (including phenoxy) is 1. The maximum atomic E-state index is 12.9. The van der Waals surface area contributed by atoms with Crippen LogP contribution < -0.4 is 5.32 Å². The van der Waals surface area contributed by atoms with Crippen LogP contribution in [0.2, 0.25) is 0 Å². The summed E-state index contributed by atoms with van der Waals surface area (Å²) >= 11 is 0. The summed E-state index contributed by atoms with van der Waals surface area (Å²) in [5.74, 6) is -2.93. The molecule has 21 heteroatoms. The van der Waals surface area contributed by atoms with E-state index in [1.54, 1.807) is 39.8 Å². The predicted molar refractivity (Wildman–Crippen MR) is 200 cm³/mol. The highest BCUT2D eigenvalue weighted by atomic mass is 16.5. The first kappa shape index (κ1) is 48.8. The summed E-state index contributed by atoms with van der Waals surface area (Å²) in [7, 11) is 0. The van der Waals surface area contributed by atoms with Crippen molar-refractivity contribution in [3.05, 3.63) is 29.6 Å². The number of amides is 3. The van der Waals surface area contributed by atoms with Crippen LogP contribution in [0.15, 0.2) is 18.2 Å². The lowest BCUT2D eigenvalue weighted by Gasteiger charge is -2.37. The molecule has 0 saturated heterocycles. The van der Waals surface area contributed by atoms with Crippen LogP contribution in [0.3, 0.4) is 0 Å². The molecule has 1 aliphatic heterocycles. The molecule has 0 aromatic carbocycles. The first-order valence-electron chi connectivity index (χ1n) is 18.9. The van der Waals surface area contributed by atoms with Crippen LogP contribution in [0.1, 0.15) is 50.4 Å². The number of nitrogens with one attached hydrogen (secondary N) is 1. The Kier molecular flexibility index (Phi) is 22.7. The molecule has 1 aromatic heterocycles. The van der Waals surface area contributed by atoms with Crippen LogP contribution in [-0.2, 0) is 46.6 Å². The van der Waals surface area contributed by atoms with E-state index in [1.165, 1.54) is 4.90 Å². The maximum Gasteiger partial charge on any atom is 0.320 e. The number of rotatable bonds is 27. The quantitative estimate of drug-likeness (QED) is 0.0400. The van der Waals surface area contributed by atoms with Gasteiger partial charge in [-0.25, -0.2) is 0 Å². The van der Waals surface area contributed by atoms with E-state index in [4.69, 9.17) is 9.72 Å². The van der Waals surface area contributed by atoms with E-state index in [-0.39, 0.29) is 104 Å². The van der Waals surface area contributed by atoms with Crippen LogP contribution in [0.25, 0.3) is 0 Å². The molecule has 21 nitrogen and oxygen atoms in total. The molecule has 0 saturated carbocycles. The Bertz CT molecular complexity index is 1400. The van der Waals surface area contributed by atoms with E-state index >= 15 is 0 Å². The van der Waals surface area contributed by atoms with Crippen molar-refractivity contribution in [2.24, 2.45) is 0 Å². The van der Waals surface area contributed by atoms with Crippen LogP contribution in [0.4, 0.5) is 0 Å². The maximum absolute atomic E-state index is 12.9. The number of hydrogen-bond donors (Lipinski definition) is 8. The molecule has 0 radical (unpaired) electrons. The Hall–Kier alpha value is -4.35.